The molecular formula is C19H14ClN3O3. The highest BCUT2D eigenvalue weighted by atomic mass is 35.5. The van der Waals surface area contributed by atoms with Gasteiger partial charge in [-0.3, -0.25) is 14.2 Å². The average Bonchev–Trinajstić information content (AvgIpc) is 2.94. The van der Waals surface area contributed by atoms with Crippen molar-refractivity contribution in [1.82, 2.24) is 9.55 Å². The van der Waals surface area contributed by atoms with E-state index in [1.54, 1.807) is 24.3 Å². The summed E-state index contributed by atoms with van der Waals surface area (Å²) in [7, 11) is 0. The van der Waals surface area contributed by atoms with Gasteiger partial charge in [-0.1, -0.05) is 11.6 Å². The summed E-state index contributed by atoms with van der Waals surface area (Å²) < 4.78 is 6.76. The van der Waals surface area contributed by atoms with Gasteiger partial charge in [0.1, 0.15) is 0 Å². The number of morpholine rings is 1. The zero-order chi connectivity index (χ0) is 17.8. The maximum atomic E-state index is 13.0. The lowest BCUT2D eigenvalue weighted by Gasteiger charge is -2.28. The highest BCUT2D eigenvalue weighted by Crippen LogP contribution is 2.29. The van der Waals surface area contributed by atoms with E-state index in [0.717, 1.165) is 18.8 Å². The molecule has 26 heavy (non-hydrogen) atoms. The van der Waals surface area contributed by atoms with Crippen LogP contribution >= 0.6 is 11.6 Å². The van der Waals surface area contributed by atoms with Crippen LogP contribution in [0.3, 0.4) is 0 Å². The molecule has 0 N–H and O–H groups in total. The zero-order valence-corrected chi connectivity index (χ0v) is 14.5. The number of hydrogen-bond donors (Lipinski definition) is 0. The first-order valence-corrected chi connectivity index (χ1v) is 8.75. The van der Waals surface area contributed by atoms with Crippen LogP contribution in [-0.2, 0) is 4.74 Å². The quantitative estimate of drug-likeness (QED) is 0.517. The predicted molar refractivity (Wildman–Crippen MR) is 98.8 cm³/mol. The van der Waals surface area contributed by atoms with Gasteiger partial charge in [0.2, 0.25) is 5.78 Å². The molecule has 7 heteroatoms. The molecule has 0 spiro atoms. The largest absolute Gasteiger partial charge is 0.378 e. The minimum Gasteiger partial charge on any atom is -0.378 e. The molecule has 0 aliphatic carbocycles. The summed E-state index contributed by atoms with van der Waals surface area (Å²) in [4.78, 5) is 32.4. The number of rotatable bonds is 1. The molecule has 0 radical (unpaired) electrons. The molecule has 3 heterocycles. The fourth-order valence-corrected chi connectivity index (χ4v) is 3.75. The molecule has 2 aliphatic rings. The van der Waals surface area contributed by atoms with Crippen LogP contribution in [0, 0.1) is 0 Å². The summed E-state index contributed by atoms with van der Waals surface area (Å²) in [5.41, 5.74) is 2.20. The Bertz CT molecular complexity index is 1130. The van der Waals surface area contributed by atoms with Crippen LogP contribution in [0.5, 0.6) is 0 Å². The van der Waals surface area contributed by atoms with Crippen LogP contribution in [0.25, 0.3) is 16.6 Å². The highest BCUT2D eigenvalue weighted by Gasteiger charge is 2.30. The van der Waals surface area contributed by atoms with Gasteiger partial charge in [0, 0.05) is 23.8 Å². The smallest absolute Gasteiger partial charge is 0.266 e. The van der Waals surface area contributed by atoms with Crippen LogP contribution in [0.15, 0.2) is 41.2 Å². The number of halogens is 1. The lowest BCUT2D eigenvalue weighted by Crippen LogP contribution is -2.36. The molecule has 5 rings (SSSR count). The number of ether oxygens (including phenoxy) is 1. The lowest BCUT2D eigenvalue weighted by molar-refractivity contribution is 0.103. The highest BCUT2D eigenvalue weighted by molar-refractivity contribution is 6.31. The monoisotopic (exact) mass is 367 g/mol. The van der Waals surface area contributed by atoms with Crippen LogP contribution in [0.1, 0.15) is 16.2 Å². The lowest BCUT2D eigenvalue weighted by atomic mass is 10.1. The van der Waals surface area contributed by atoms with Gasteiger partial charge in [0.05, 0.1) is 35.4 Å². The Morgan fingerprint density at radius 2 is 1.85 bits per heavy atom. The number of fused-ring (bicyclic) bond motifs is 4. The Morgan fingerprint density at radius 1 is 1.04 bits per heavy atom. The second-order valence-electron chi connectivity index (χ2n) is 6.37. The van der Waals surface area contributed by atoms with E-state index in [4.69, 9.17) is 16.3 Å². The average molecular weight is 368 g/mol. The van der Waals surface area contributed by atoms with Gasteiger partial charge < -0.3 is 9.64 Å². The number of ketones is 1. The summed E-state index contributed by atoms with van der Waals surface area (Å²) in [6.45, 7) is 2.93. The molecular weight excluding hydrogens is 354 g/mol. The van der Waals surface area contributed by atoms with Crippen molar-refractivity contribution < 1.29 is 9.53 Å². The van der Waals surface area contributed by atoms with E-state index in [9.17, 15) is 9.59 Å². The standard InChI is InChI=1S/C19H14ClN3O3/c20-11-1-4-16-14(9-11)17(24)18-21-15-10-12(22-5-7-26-8-6-22)2-3-13(15)19(25)23(16)18/h1-4,9-10H,5-8H2. The molecule has 3 aromatic rings. The number of carbonyl (C=O) groups is 1. The summed E-state index contributed by atoms with van der Waals surface area (Å²) in [5, 5.41) is 0.943. The van der Waals surface area contributed by atoms with Crippen molar-refractivity contribution in [2.75, 3.05) is 31.2 Å². The van der Waals surface area contributed by atoms with Gasteiger partial charge in [-0.25, -0.2) is 4.98 Å². The van der Waals surface area contributed by atoms with Crippen molar-refractivity contribution in [2.45, 2.75) is 0 Å². The maximum absolute atomic E-state index is 13.0. The van der Waals surface area contributed by atoms with E-state index >= 15 is 0 Å². The first-order valence-electron chi connectivity index (χ1n) is 8.37. The van der Waals surface area contributed by atoms with Crippen molar-refractivity contribution in [2.24, 2.45) is 0 Å². The van der Waals surface area contributed by atoms with Gasteiger partial charge in [-0.15, -0.1) is 0 Å². The first-order chi connectivity index (χ1) is 12.6. The van der Waals surface area contributed by atoms with Gasteiger partial charge in [0.25, 0.3) is 5.56 Å². The van der Waals surface area contributed by atoms with E-state index in [-0.39, 0.29) is 17.2 Å². The van der Waals surface area contributed by atoms with E-state index in [1.165, 1.54) is 4.57 Å². The maximum Gasteiger partial charge on any atom is 0.266 e. The van der Waals surface area contributed by atoms with E-state index in [2.05, 4.69) is 9.88 Å². The van der Waals surface area contributed by atoms with Crippen molar-refractivity contribution in [3.05, 3.63) is 63.2 Å². The number of benzene rings is 2. The topological polar surface area (TPSA) is 64.4 Å². The van der Waals surface area contributed by atoms with Crippen LogP contribution in [-0.4, -0.2) is 41.6 Å². The fourth-order valence-electron chi connectivity index (χ4n) is 3.57. The minimum atomic E-state index is -0.279. The Labute approximate surface area is 153 Å². The molecule has 1 aromatic heterocycles. The fraction of sp³-hybridized carbons (Fsp3) is 0.211. The Hall–Kier alpha value is -2.70. The van der Waals surface area contributed by atoms with E-state index in [0.29, 0.717) is 40.4 Å². The van der Waals surface area contributed by atoms with Crippen LogP contribution < -0.4 is 10.5 Å². The molecule has 130 valence electrons. The summed E-state index contributed by atoms with van der Waals surface area (Å²) in [6, 6.07) is 10.5. The van der Waals surface area contributed by atoms with E-state index in [1.807, 2.05) is 12.1 Å². The molecule has 0 unspecified atom stereocenters. The summed E-state index contributed by atoms with van der Waals surface area (Å²) >= 11 is 6.01. The van der Waals surface area contributed by atoms with Crippen molar-refractivity contribution in [3.8, 4) is 5.69 Å². The molecule has 2 aliphatic heterocycles. The van der Waals surface area contributed by atoms with Crippen LogP contribution in [0.4, 0.5) is 5.69 Å². The van der Waals surface area contributed by atoms with Gasteiger partial charge in [0.15, 0.2) is 5.82 Å². The second-order valence-corrected chi connectivity index (χ2v) is 6.80. The molecule has 0 amide bonds. The first kappa shape index (κ1) is 15.5. The predicted octanol–water partition coefficient (Wildman–Crippen LogP) is 2.42. The van der Waals surface area contributed by atoms with Gasteiger partial charge in [-0.2, -0.15) is 0 Å². The number of aromatic nitrogens is 2. The molecule has 0 saturated carbocycles. The third-order valence-corrected chi connectivity index (χ3v) is 5.11. The molecule has 1 saturated heterocycles. The zero-order valence-electron chi connectivity index (χ0n) is 13.7. The van der Waals surface area contributed by atoms with Crippen LogP contribution in [0.2, 0.25) is 5.02 Å². The number of nitrogens with zero attached hydrogens (tertiary/aromatic N) is 3. The molecule has 2 aromatic carbocycles. The molecule has 0 bridgehead atoms. The molecule has 6 nitrogen and oxygen atoms in total. The number of carbonyl (C=O) groups excluding carboxylic acids is 1. The normalized spacial score (nSPS) is 16.0. The SMILES string of the molecule is O=C1c2cc(Cl)ccc2-n2c1nc1cc(N3CCOCC3)ccc1c2=O. The summed E-state index contributed by atoms with van der Waals surface area (Å²) in [6.07, 6.45) is 0. The second kappa shape index (κ2) is 5.65. The van der Waals surface area contributed by atoms with Crippen molar-refractivity contribution in [1.29, 1.82) is 0 Å². The van der Waals surface area contributed by atoms with Crippen molar-refractivity contribution >= 4 is 34.0 Å². The van der Waals surface area contributed by atoms with Gasteiger partial charge >= 0.3 is 0 Å². The van der Waals surface area contributed by atoms with E-state index < -0.39 is 0 Å². The number of hydrogen-bond acceptors (Lipinski definition) is 5. The molecule has 0 atom stereocenters. The third-order valence-electron chi connectivity index (χ3n) is 4.88. The number of anilines is 1. The van der Waals surface area contributed by atoms with Crippen molar-refractivity contribution in [3.63, 3.8) is 0 Å². The summed E-state index contributed by atoms with van der Waals surface area (Å²) in [5.74, 6) is -0.142. The third kappa shape index (κ3) is 2.19. The Kier molecular flexibility index (Phi) is 3.38. The van der Waals surface area contributed by atoms with Gasteiger partial charge in [-0.05, 0) is 36.4 Å². The molecule has 1 fully saturated rings. The Morgan fingerprint density at radius 3 is 2.65 bits per heavy atom. The minimum absolute atomic E-state index is 0.138. The Balaban J connectivity index is 1.71.